The van der Waals surface area contributed by atoms with E-state index >= 15 is 0 Å². The van der Waals surface area contributed by atoms with Crippen LogP contribution in [0, 0.1) is 6.92 Å². The van der Waals surface area contributed by atoms with Crippen LogP contribution in [0.2, 0.25) is 0 Å². The molecule has 1 aromatic heterocycles. The average molecular weight is 414 g/mol. The highest BCUT2D eigenvalue weighted by Crippen LogP contribution is 2.43. The van der Waals surface area contributed by atoms with E-state index in [2.05, 4.69) is 24.0 Å². The van der Waals surface area contributed by atoms with Crippen LogP contribution in [-0.4, -0.2) is 71.0 Å². The van der Waals surface area contributed by atoms with E-state index in [0.29, 0.717) is 25.4 Å². The molecule has 2 aliphatic rings. The van der Waals surface area contributed by atoms with Crippen molar-refractivity contribution in [3.8, 4) is 0 Å². The van der Waals surface area contributed by atoms with Crippen LogP contribution in [0.25, 0.3) is 0 Å². The van der Waals surface area contributed by atoms with Crippen molar-refractivity contribution in [3.63, 3.8) is 0 Å². The van der Waals surface area contributed by atoms with Gasteiger partial charge >= 0.3 is 0 Å². The van der Waals surface area contributed by atoms with E-state index in [0.717, 1.165) is 19.6 Å². The summed E-state index contributed by atoms with van der Waals surface area (Å²) in [7, 11) is 0. The summed E-state index contributed by atoms with van der Waals surface area (Å²) in [6, 6.07) is 11.8. The molecular weight excluding hydrogens is 386 g/mol. The van der Waals surface area contributed by atoms with Crippen molar-refractivity contribution in [2.24, 2.45) is 0 Å². The SMILES string of the molecule is Cc1ccccc1[C@H]1S[C@H](C)C(=O)N1CCN1CCN(C(=O)c2ccco2)CC1. The number of aryl methyl sites for hydroxylation is 1. The van der Waals surface area contributed by atoms with Gasteiger partial charge in [0, 0.05) is 39.3 Å². The Kier molecular flexibility index (Phi) is 5.96. The third-order valence-electron chi connectivity index (χ3n) is 5.75. The molecule has 0 radical (unpaired) electrons. The van der Waals surface area contributed by atoms with Gasteiger partial charge in [-0.3, -0.25) is 14.5 Å². The Hall–Kier alpha value is -2.25. The maximum atomic E-state index is 12.8. The highest BCUT2D eigenvalue weighted by atomic mass is 32.2. The molecule has 2 aromatic rings. The number of piperazine rings is 1. The zero-order valence-electron chi connectivity index (χ0n) is 16.9. The van der Waals surface area contributed by atoms with E-state index in [1.165, 1.54) is 17.4 Å². The molecule has 29 heavy (non-hydrogen) atoms. The van der Waals surface area contributed by atoms with E-state index < -0.39 is 0 Å². The second kappa shape index (κ2) is 8.63. The molecule has 154 valence electrons. The Morgan fingerprint density at radius 2 is 1.86 bits per heavy atom. The molecule has 0 saturated carbocycles. The van der Waals surface area contributed by atoms with Gasteiger partial charge in [-0.2, -0.15) is 0 Å². The molecule has 2 amide bonds. The summed E-state index contributed by atoms with van der Waals surface area (Å²) in [4.78, 5) is 31.4. The van der Waals surface area contributed by atoms with Crippen molar-refractivity contribution in [1.82, 2.24) is 14.7 Å². The summed E-state index contributed by atoms with van der Waals surface area (Å²) in [6.07, 6.45) is 1.53. The van der Waals surface area contributed by atoms with E-state index in [1.807, 2.05) is 28.9 Å². The molecule has 4 rings (SSSR count). The molecule has 0 unspecified atom stereocenters. The minimum atomic E-state index is -0.0470. The van der Waals surface area contributed by atoms with Crippen molar-refractivity contribution >= 4 is 23.6 Å². The van der Waals surface area contributed by atoms with Crippen LogP contribution in [0.3, 0.4) is 0 Å². The first-order chi connectivity index (χ1) is 14.0. The number of rotatable bonds is 5. The molecule has 2 aliphatic heterocycles. The Labute approximate surface area is 175 Å². The number of furan rings is 1. The van der Waals surface area contributed by atoms with Crippen LogP contribution >= 0.6 is 11.8 Å². The molecule has 2 atom stereocenters. The van der Waals surface area contributed by atoms with Crippen molar-refractivity contribution < 1.29 is 14.0 Å². The molecule has 0 spiro atoms. The molecule has 2 saturated heterocycles. The van der Waals surface area contributed by atoms with Crippen molar-refractivity contribution in [2.45, 2.75) is 24.5 Å². The first-order valence-corrected chi connectivity index (χ1v) is 11.1. The predicted octanol–water partition coefficient (Wildman–Crippen LogP) is 3.01. The van der Waals surface area contributed by atoms with Gasteiger partial charge in [0.25, 0.3) is 5.91 Å². The molecule has 2 fully saturated rings. The van der Waals surface area contributed by atoms with Crippen molar-refractivity contribution in [3.05, 3.63) is 59.5 Å². The van der Waals surface area contributed by atoms with Crippen LogP contribution in [0.4, 0.5) is 0 Å². The first kappa shape index (κ1) is 20.0. The lowest BCUT2D eigenvalue weighted by atomic mass is 10.1. The van der Waals surface area contributed by atoms with Crippen LogP contribution in [0.1, 0.15) is 34.0 Å². The lowest BCUT2D eigenvalue weighted by molar-refractivity contribution is -0.130. The third-order valence-corrected chi connectivity index (χ3v) is 7.13. The number of thioether (sulfide) groups is 1. The fourth-order valence-electron chi connectivity index (χ4n) is 3.99. The van der Waals surface area contributed by atoms with Gasteiger partial charge < -0.3 is 14.2 Å². The Bertz CT molecular complexity index is 862. The number of hydrogen-bond donors (Lipinski definition) is 0. The number of carbonyl (C=O) groups is 2. The van der Waals surface area contributed by atoms with E-state index in [9.17, 15) is 9.59 Å². The second-order valence-corrected chi connectivity index (χ2v) is 9.06. The average Bonchev–Trinajstić information content (AvgIpc) is 3.36. The molecule has 3 heterocycles. The van der Waals surface area contributed by atoms with Crippen LogP contribution < -0.4 is 0 Å². The summed E-state index contributed by atoms with van der Waals surface area (Å²) >= 11 is 1.73. The third kappa shape index (κ3) is 4.21. The van der Waals surface area contributed by atoms with E-state index in [-0.39, 0.29) is 22.4 Å². The number of amides is 2. The van der Waals surface area contributed by atoms with Gasteiger partial charge in [0.15, 0.2) is 5.76 Å². The fraction of sp³-hybridized carbons (Fsp3) is 0.455. The number of benzene rings is 1. The Morgan fingerprint density at radius 1 is 1.10 bits per heavy atom. The highest BCUT2D eigenvalue weighted by Gasteiger charge is 2.39. The highest BCUT2D eigenvalue weighted by molar-refractivity contribution is 8.01. The van der Waals surface area contributed by atoms with Gasteiger partial charge in [0.05, 0.1) is 11.5 Å². The Balaban J connectivity index is 1.34. The number of nitrogens with zero attached hydrogens (tertiary/aromatic N) is 3. The molecule has 7 heteroatoms. The summed E-state index contributed by atoms with van der Waals surface area (Å²) in [5, 5.41) is 0.0721. The summed E-state index contributed by atoms with van der Waals surface area (Å²) in [5.74, 6) is 0.567. The minimum absolute atomic E-state index is 0.0117. The van der Waals surface area contributed by atoms with Gasteiger partial charge in [-0.05, 0) is 37.1 Å². The van der Waals surface area contributed by atoms with Gasteiger partial charge in [-0.25, -0.2) is 0 Å². The van der Waals surface area contributed by atoms with Gasteiger partial charge in [0.1, 0.15) is 5.37 Å². The lowest BCUT2D eigenvalue weighted by Crippen LogP contribution is -2.50. The maximum absolute atomic E-state index is 12.8. The summed E-state index contributed by atoms with van der Waals surface area (Å²) in [6.45, 7) is 8.62. The molecule has 1 aromatic carbocycles. The molecule has 0 bridgehead atoms. The standard InChI is InChI=1S/C22H27N3O3S/c1-16-6-3-4-7-18(16)22-25(20(26)17(2)29-22)14-11-23-9-12-24(13-10-23)21(27)19-8-5-15-28-19/h3-8,15,17,22H,9-14H2,1-2H3/t17-,22-/m1/s1. The van der Waals surface area contributed by atoms with Gasteiger partial charge in [-0.1, -0.05) is 24.3 Å². The predicted molar refractivity (Wildman–Crippen MR) is 114 cm³/mol. The molecule has 0 aliphatic carbocycles. The number of carbonyl (C=O) groups excluding carboxylic acids is 2. The fourth-order valence-corrected chi connectivity index (χ4v) is 5.39. The van der Waals surface area contributed by atoms with E-state index in [1.54, 1.807) is 23.9 Å². The molecule has 6 nitrogen and oxygen atoms in total. The van der Waals surface area contributed by atoms with E-state index in [4.69, 9.17) is 4.42 Å². The smallest absolute Gasteiger partial charge is 0.289 e. The van der Waals surface area contributed by atoms with Gasteiger partial charge in [-0.15, -0.1) is 11.8 Å². The zero-order chi connectivity index (χ0) is 20.4. The quantitative estimate of drug-likeness (QED) is 0.754. The topological polar surface area (TPSA) is 57.0 Å². The minimum Gasteiger partial charge on any atom is -0.459 e. The largest absolute Gasteiger partial charge is 0.459 e. The van der Waals surface area contributed by atoms with Gasteiger partial charge in [0.2, 0.25) is 5.91 Å². The first-order valence-electron chi connectivity index (χ1n) is 10.1. The number of hydrogen-bond acceptors (Lipinski definition) is 5. The monoisotopic (exact) mass is 413 g/mol. The zero-order valence-corrected chi connectivity index (χ0v) is 17.7. The second-order valence-electron chi connectivity index (χ2n) is 7.63. The van der Waals surface area contributed by atoms with Crippen molar-refractivity contribution in [2.75, 3.05) is 39.3 Å². The normalized spacial score (nSPS) is 23.0. The molecular formula is C22H27N3O3S. The Morgan fingerprint density at radius 3 is 2.55 bits per heavy atom. The van der Waals surface area contributed by atoms with Crippen LogP contribution in [0.15, 0.2) is 47.1 Å². The van der Waals surface area contributed by atoms with Crippen LogP contribution in [-0.2, 0) is 4.79 Å². The maximum Gasteiger partial charge on any atom is 0.289 e. The molecule has 0 N–H and O–H groups in total. The van der Waals surface area contributed by atoms with Crippen LogP contribution in [0.5, 0.6) is 0 Å². The summed E-state index contributed by atoms with van der Waals surface area (Å²) < 4.78 is 5.22. The lowest BCUT2D eigenvalue weighted by Gasteiger charge is -2.35. The van der Waals surface area contributed by atoms with Crippen molar-refractivity contribution in [1.29, 1.82) is 0 Å². The summed E-state index contributed by atoms with van der Waals surface area (Å²) in [5.41, 5.74) is 2.45.